The zero-order chi connectivity index (χ0) is 26.6. The van der Waals surface area contributed by atoms with E-state index >= 15 is 0 Å². The van der Waals surface area contributed by atoms with Crippen molar-refractivity contribution in [3.05, 3.63) is 24.3 Å². The van der Waals surface area contributed by atoms with Gasteiger partial charge in [0.2, 0.25) is 0 Å². The molecule has 0 aliphatic heterocycles. The van der Waals surface area contributed by atoms with Crippen LogP contribution in [0.2, 0.25) is 36.3 Å². The molecule has 0 fully saturated rings. The molecule has 4 heteroatoms. The zero-order valence-corrected chi connectivity index (χ0v) is 27.5. The van der Waals surface area contributed by atoms with E-state index in [9.17, 15) is 0 Å². The molecule has 200 valence electrons. The number of hydrogen-bond donors (Lipinski definition) is 0. The summed E-state index contributed by atoms with van der Waals surface area (Å²) in [7, 11) is -3.97. The summed E-state index contributed by atoms with van der Waals surface area (Å²) in [6, 6.07) is 0. The Morgan fingerprint density at radius 3 is 1.21 bits per heavy atom. The maximum absolute atomic E-state index is 7.21. The summed E-state index contributed by atoms with van der Waals surface area (Å²) in [4.78, 5) is 0. The molecule has 1 rings (SSSR count). The van der Waals surface area contributed by atoms with E-state index in [1.807, 2.05) is 0 Å². The van der Waals surface area contributed by atoms with E-state index in [1.54, 1.807) is 0 Å². The van der Waals surface area contributed by atoms with E-state index in [2.05, 4.69) is 120 Å². The molecule has 0 amide bonds. The first-order valence-corrected chi connectivity index (χ1v) is 19.8. The van der Waals surface area contributed by atoms with Crippen molar-refractivity contribution in [2.24, 2.45) is 11.8 Å². The van der Waals surface area contributed by atoms with Crippen molar-refractivity contribution in [3.63, 3.8) is 0 Å². The van der Waals surface area contributed by atoms with Crippen LogP contribution in [0.3, 0.4) is 0 Å². The van der Waals surface area contributed by atoms with E-state index in [1.165, 1.54) is 12.8 Å². The van der Waals surface area contributed by atoms with Gasteiger partial charge in [-0.1, -0.05) is 79.7 Å². The van der Waals surface area contributed by atoms with Crippen LogP contribution in [0.1, 0.15) is 108 Å². The Morgan fingerprint density at radius 2 is 0.941 bits per heavy atom. The summed E-state index contributed by atoms with van der Waals surface area (Å²) in [6.45, 7) is 33.3. The van der Waals surface area contributed by atoms with Crippen LogP contribution >= 0.6 is 0 Å². The summed E-state index contributed by atoms with van der Waals surface area (Å²) in [5.74, 6) is 1.18. The minimum Gasteiger partial charge on any atom is -0.408 e. The maximum atomic E-state index is 7.21. The lowest BCUT2D eigenvalue weighted by molar-refractivity contribution is 0.0559. The lowest BCUT2D eigenvalue weighted by Crippen LogP contribution is -2.53. The van der Waals surface area contributed by atoms with Crippen molar-refractivity contribution in [2.75, 3.05) is 0 Å². The van der Waals surface area contributed by atoms with E-state index in [-0.39, 0.29) is 21.3 Å². The van der Waals surface area contributed by atoms with Gasteiger partial charge in [0.1, 0.15) is 0 Å². The van der Waals surface area contributed by atoms with Gasteiger partial charge in [-0.25, -0.2) is 0 Å². The lowest BCUT2D eigenvalue weighted by Gasteiger charge is -2.49. The van der Waals surface area contributed by atoms with Crippen LogP contribution in [0.15, 0.2) is 24.3 Å². The first-order chi connectivity index (χ1) is 15.2. The highest BCUT2D eigenvalue weighted by molar-refractivity contribution is 6.74. The monoisotopic (exact) mass is 508 g/mol. The second-order valence-electron chi connectivity index (χ2n) is 14.2. The van der Waals surface area contributed by atoms with Crippen LogP contribution in [0.4, 0.5) is 0 Å². The molecule has 0 saturated carbocycles. The topological polar surface area (TPSA) is 18.5 Å². The van der Waals surface area contributed by atoms with E-state index in [0.717, 1.165) is 25.7 Å². The number of hydrogen-bond acceptors (Lipinski definition) is 2. The Balaban J connectivity index is 3.31. The SMILES string of the molecule is CC(C)C(C)(C)[Si](C)(C)OC1(C)/C=C\CCCC/C=C/C(C)(O[Si](C)(C)C(C)(C)C(C)C)CC1. The summed E-state index contributed by atoms with van der Waals surface area (Å²) in [5, 5.41) is 0.396. The Morgan fingerprint density at radius 1 is 0.647 bits per heavy atom. The predicted molar refractivity (Wildman–Crippen MR) is 158 cm³/mol. The molecule has 0 radical (unpaired) electrons. The largest absolute Gasteiger partial charge is 0.408 e. The third-order valence-electron chi connectivity index (χ3n) is 10.0. The lowest BCUT2D eigenvalue weighted by atomic mass is 9.90. The molecular weight excluding hydrogens is 449 g/mol. The fourth-order valence-corrected chi connectivity index (χ4v) is 10.8. The molecule has 1 aliphatic carbocycles. The molecular formula is C30H60O2Si2. The number of rotatable bonds is 8. The normalized spacial score (nSPS) is 28.5. The van der Waals surface area contributed by atoms with Crippen molar-refractivity contribution in [1.29, 1.82) is 0 Å². The van der Waals surface area contributed by atoms with Gasteiger partial charge in [-0.05, 0) is 100 Å². The Hall–Kier alpha value is -0.166. The van der Waals surface area contributed by atoms with Crippen LogP contribution in [0.25, 0.3) is 0 Å². The first kappa shape index (κ1) is 31.9. The highest BCUT2D eigenvalue weighted by Gasteiger charge is 2.49. The maximum Gasteiger partial charge on any atom is 0.193 e. The van der Waals surface area contributed by atoms with Crippen LogP contribution in [-0.2, 0) is 8.85 Å². The predicted octanol–water partition coefficient (Wildman–Crippen LogP) is 10.3. The summed E-state index contributed by atoms with van der Waals surface area (Å²) < 4.78 is 14.4. The van der Waals surface area contributed by atoms with Gasteiger partial charge in [0, 0.05) is 0 Å². The molecule has 34 heavy (non-hydrogen) atoms. The Bertz CT molecular complexity index is 643. The number of allylic oxidation sites excluding steroid dienone is 2. The van der Waals surface area contributed by atoms with Crippen molar-refractivity contribution < 1.29 is 8.85 Å². The van der Waals surface area contributed by atoms with Crippen LogP contribution in [-0.4, -0.2) is 27.8 Å². The fourth-order valence-electron chi connectivity index (χ4n) is 4.84. The van der Waals surface area contributed by atoms with E-state index in [4.69, 9.17) is 8.85 Å². The molecule has 2 nitrogen and oxygen atoms in total. The molecule has 2 unspecified atom stereocenters. The van der Waals surface area contributed by atoms with E-state index < -0.39 is 16.6 Å². The van der Waals surface area contributed by atoms with Crippen molar-refractivity contribution in [1.82, 2.24) is 0 Å². The second-order valence-corrected chi connectivity index (χ2v) is 23.2. The van der Waals surface area contributed by atoms with E-state index in [0.29, 0.717) is 11.8 Å². The molecule has 0 aromatic rings. The van der Waals surface area contributed by atoms with Crippen molar-refractivity contribution >= 4 is 16.6 Å². The van der Waals surface area contributed by atoms with Gasteiger partial charge in [-0.15, -0.1) is 0 Å². The Labute approximate surface area is 216 Å². The third-order valence-corrected chi connectivity index (χ3v) is 19.3. The van der Waals surface area contributed by atoms with Gasteiger partial charge < -0.3 is 8.85 Å². The quantitative estimate of drug-likeness (QED) is 0.240. The van der Waals surface area contributed by atoms with Gasteiger partial charge in [-0.3, -0.25) is 0 Å². The van der Waals surface area contributed by atoms with Crippen LogP contribution < -0.4 is 0 Å². The average Bonchev–Trinajstić information content (AvgIpc) is 2.66. The smallest absolute Gasteiger partial charge is 0.193 e. The molecule has 2 atom stereocenters. The molecule has 0 N–H and O–H groups in total. The molecule has 0 aromatic carbocycles. The fraction of sp³-hybridized carbons (Fsp3) is 0.867. The van der Waals surface area contributed by atoms with Crippen LogP contribution in [0.5, 0.6) is 0 Å². The highest BCUT2D eigenvalue weighted by Crippen LogP contribution is 2.49. The van der Waals surface area contributed by atoms with Gasteiger partial charge in [0.05, 0.1) is 11.2 Å². The summed E-state index contributed by atoms with van der Waals surface area (Å²) in [5.41, 5.74) is -0.530. The zero-order valence-electron chi connectivity index (χ0n) is 25.5. The van der Waals surface area contributed by atoms with Gasteiger partial charge in [0.15, 0.2) is 16.6 Å². The summed E-state index contributed by atoms with van der Waals surface area (Å²) >= 11 is 0. The molecule has 0 heterocycles. The van der Waals surface area contributed by atoms with Crippen molar-refractivity contribution in [3.8, 4) is 0 Å². The second kappa shape index (κ2) is 11.5. The molecule has 0 spiro atoms. The highest BCUT2D eigenvalue weighted by atomic mass is 28.4. The first-order valence-electron chi connectivity index (χ1n) is 14.0. The standard InChI is InChI=1S/C30H60O2Si2/c1-25(2)27(5,6)33(11,12)31-29(9)21-19-17-15-16-18-20-22-30(10,24-23-29)32-34(13,14)28(7,8)26(3)4/h19-22,25-26H,15-18,23-24H2,1-14H3/b21-19-,22-20+. The van der Waals surface area contributed by atoms with Gasteiger partial charge in [0.25, 0.3) is 0 Å². The average molecular weight is 509 g/mol. The summed E-state index contributed by atoms with van der Waals surface area (Å²) in [6.07, 6.45) is 16.2. The third kappa shape index (κ3) is 7.92. The Kier molecular flexibility index (Phi) is 10.8. The van der Waals surface area contributed by atoms with Gasteiger partial charge >= 0.3 is 0 Å². The van der Waals surface area contributed by atoms with Crippen LogP contribution in [0, 0.1) is 11.8 Å². The molecule has 1 aliphatic rings. The molecule has 0 aromatic heterocycles. The minimum atomic E-state index is -1.98. The molecule has 0 saturated heterocycles. The minimum absolute atomic E-state index is 0.198. The molecule has 0 bridgehead atoms. The van der Waals surface area contributed by atoms with Crippen molar-refractivity contribution in [2.45, 2.75) is 155 Å². The van der Waals surface area contributed by atoms with Gasteiger partial charge in [-0.2, -0.15) is 0 Å².